The number of rotatable bonds is 6. The third-order valence-corrected chi connectivity index (χ3v) is 5.93. The van der Waals surface area contributed by atoms with E-state index in [0.717, 1.165) is 26.0 Å². The highest BCUT2D eigenvalue weighted by molar-refractivity contribution is 5.88. The van der Waals surface area contributed by atoms with Crippen molar-refractivity contribution >= 4 is 16.6 Å². The molecule has 3 rings (SSSR count). The van der Waals surface area contributed by atoms with Gasteiger partial charge in [0, 0.05) is 32.0 Å². The number of piperidine rings is 1. The van der Waals surface area contributed by atoms with Gasteiger partial charge in [-0.15, -0.1) is 0 Å². The lowest BCUT2D eigenvalue weighted by Crippen LogP contribution is -2.45. The van der Waals surface area contributed by atoms with Crippen LogP contribution in [0.15, 0.2) is 42.5 Å². The van der Waals surface area contributed by atoms with Crippen LogP contribution in [-0.4, -0.2) is 44.0 Å². The number of ether oxygens (including phenoxy) is 1. The van der Waals surface area contributed by atoms with E-state index in [1.807, 2.05) is 0 Å². The molecule has 2 atom stereocenters. The summed E-state index contributed by atoms with van der Waals surface area (Å²) in [7, 11) is 3.86. The molecule has 2 aromatic rings. The Kier molecular flexibility index (Phi) is 5.79. The number of ketones is 1. The molecule has 0 radical (unpaired) electrons. The predicted octanol–water partition coefficient (Wildman–Crippen LogP) is 4.43. The molecule has 0 spiro atoms. The summed E-state index contributed by atoms with van der Waals surface area (Å²) >= 11 is 0. The molecule has 1 heterocycles. The van der Waals surface area contributed by atoms with Gasteiger partial charge in [-0.25, -0.2) is 0 Å². The van der Waals surface area contributed by atoms with Crippen molar-refractivity contribution in [3.8, 4) is 0 Å². The molecule has 0 amide bonds. The zero-order valence-electron chi connectivity index (χ0n) is 16.5. The lowest BCUT2D eigenvalue weighted by Gasteiger charge is -2.37. The summed E-state index contributed by atoms with van der Waals surface area (Å²) < 4.78 is 5.30. The van der Waals surface area contributed by atoms with E-state index in [1.165, 1.54) is 16.3 Å². The first-order chi connectivity index (χ1) is 12.4. The number of carbonyl (C=O) groups is 1. The number of Topliss-reactive ketones (excluding diaryl/α,β-unsaturated/α-hetero) is 1. The molecule has 1 aliphatic rings. The second kappa shape index (κ2) is 7.89. The van der Waals surface area contributed by atoms with Crippen molar-refractivity contribution in [2.45, 2.75) is 44.6 Å². The summed E-state index contributed by atoms with van der Waals surface area (Å²) in [6, 6.07) is 15.3. The van der Waals surface area contributed by atoms with Crippen LogP contribution in [0.5, 0.6) is 0 Å². The summed E-state index contributed by atoms with van der Waals surface area (Å²) in [5, 5.41) is 2.50. The van der Waals surface area contributed by atoms with Crippen LogP contribution < -0.4 is 0 Å². The maximum absolute atomic E-state index is 13.1. The fourth-order valence-corrected chi connectivity index (χ4v) is 4.36. The lowest BCUT2D eigenvalue weighted by atomic mass is 9.75. The monoisotopic (exact) mass is 353 g/mol. The van der Waals surface area contributed by atoms with E-state index in [0.29, 0.717) is 18.2 Å². The van der Waals surface area contributed by atoms with Crippen LogP contribution in [0.25, 0.3) is 10.8 Å². The SMILES string of the molecule is COC[C@H]1CCC(C(=O)CC(C)(C)c2cccc3ccccc23)CN1C. The van der Waals surface area contributed by atoms with Gasteiger partial charge in [0.05, 0.1) is 6.61 Å². The molecule has 2 aromatic carbocycles. The second-order valence-electron chi connectivity index (χ2n) is 8.38. The Morgan fingerprint density at radius 1 is 1.15 bits per heavy atom. The molecule has 1 saturated heterocycles. The molecule has 1 fully saturated rings. The van der Waals surface area contributed by atoms with Gasteiger partial charge in [-0.2, -0.15) is 0 Å². The molecule has 3 nitrogen and oxygen atoms in total. The zero-order valence-corrected chi connectivity index (χ0v) is 16.5. The van der Waals surface area contributed by atoms with Crippen LogP contribution in [0.4, 0.5) is 0 Å². The highest BCUT2D eigenvalue weighted by atomic mass is 16.5. The molecule has 0 N–H and O–H groups in total. The molecule has 0 bridgehead atoms. The van der Waals surface area contributed by atoms with Gasteiger partial charge in [0.2, 0.25) is 0 Å². The van der Waals surface area contributed by atoms with Crippen molar-refractivity contribution in [1.29, 1.82) is 0 Å². The summed E-state index contributed by atoms with van der Waals surface area (Å²) in [6.45, 7) is 6.00. The Labute approximate surface area is 157 Å². The number of hydrogen-bond donors (Lipinski definition) is 0. The number of likely N-dealkylation sites (tertiary alicyclic amines) is 1. The number of nitrogens with zero attached hydrogens (tertiary/aromatic N) is 1. The quantitative estimate of drug-likeness (QED) is 0.769. The van der Waals surface area contributed by atoms with Gasteiger partial charge in [-0.05, 0) is 41.6 Å². The molecule has 3 heteroatoms. The van der Waals surface area contributed by atoms with Crippen molar-refractivity contribution in [2.75, 3.05) is 27.3 Å². The fraction of sp³-hybridized carbons (Fsp3) is 0.522. The Balaban J connectivity index is 1.74. The highest BCUT2D eigenvalue weighted by Gasteiger charge is 2.33. The van der Waals surface area contributed by atoms with Gasteiger partial charge in [0.1, 0.15) is 5.78 Å². The minimum Gasteiger partial charge on any atom is -0.383 e. The zero-order chi connectivity index (χ0) is 18.7. The van der Waals surface area contributed by atoms with E-state index in [1.54, 1.807) is 7.11 Å². The predicted molar refractivity (Wildman–Crippen MR) is 108 cm³/mol. The first-order valence-electron chi connectivity index (χ1n) is 9.62. The van der Waals surface area contributed by atoms with Crippen LogP contribution in [-0.2, 0) is 14.9 Å². The molecular weight excluding hydrogens is 322 g/mol. The normalized spacial score (nSPS) is 21.8. The average Bonchev–Trinajstić information content (AvgIpc) is 2.62. The van der Waals surface area contributed by atoms with Gasteiger partial charge in [0.25, 0.3) is 0 Å². The first kappa shape index (κ1) is 19.1. The minimum atomic E-state index is -0.167. The fourth-order valence-electron chi connectivity index (χ4n) is 4.36. The van der Waals surface area contributed by atoms with Gasteiger partial charge in [0.15, 0.2) is 0 Å². The van der Waals surface area contributed by atoms with Crippen LogP contribution in [0.3, 0.4) is 0 Å². The van der Waals surface area contributed by atoms with Crippen LogP contribution >= 0.6 is 0 Å². The van der Waals surface area contributed by atoms with Crippen molar-refractivity contribution in [2.24, 2.45) is 5.92 Å². The summed E-state index contributed by atoms with van der Waals surface area (Å²) in [5.41, 5.74) is 1.10. The Bertz CT molecular complexity index is 762. The van der Waals surface area contributed by atoms with Gasteiger partial charge in [-0.1, -0.05) is 56.3 Å². The van der Waals surface area contributed by atoms with Crippen molar-refractivity contribution < 1.29 is 9.53 Å². The Hall–Kier alpha value is -1.71. The molecule has 0 aromatic heterocycles. The maximum atomic E-state index is 13.1. The average molecular weight is 354 g/mol. The molecule has 140 valence electrons. The van der Waals surface area contributed by atoms with E-state index in [9.17, 15) is 4.79 Å². The second-order valence-corrected chi connectivity index (χ2v) is 8.38. The van der Waals surface area contributed by atoms with Crippen LogP contribution in [0, 0.1) is 5.92 Å². The Morgan fingerprint density at radius 3 is 2.62 bits per heavy atom. The summed E-state index contributed by atoms with van der Waals surface area (Å²) in [4.78, 5) is 15.4. The number of methoxy groups -OCH3 is 1. The minimum absolute atomic E-state index is 0.141. The van der Waals surface area contributed by atoms with Crippen LogP contribution in [0.1, 0.15) is 38.7 Å². The molecule has 1 aliphatic heterocycles. The maximum Gasteiger partial charge on any atom is 0.138 e. The van der Waals surface area contributed by atoms with Gasteiger partial charge >= 0.3 is 0 Å². The van der Waals surface area contributed by atoms with Crippen molar-refractivity contribution in [3.63, 3.8) is 0 Å². The number of likely N-dealkylation sites (N-methyl/N-ethyl adjacent to an activating group) is 1. The van der Waals surface area contributed by atoms with Gasteiger partial charge in [-0.3, -0.25) is 4.79 Å². The van der Waals surface area contributed by atoms with E-state index < -0.39 is 0 Å². The molecule has 1 unspecified atom stereocenters. The number of carbonyl (C=O) groups excluding carboxylic acids is 1. The first-order valence-corrected chi connectivity index (χ1v) is 9.62. The lowest BCUT2D eigenvalue weighted by molar-refractivity contribution is -0.126. The molecule has 0 aliphatic carbocycles. The topological polar surface area (TPSA) is 29.5 Å². The van der Waals surface area contributed by atoms with Gasteiger partial charge < -0.3 is 9.64 Å². The van der Waals surface area contributed by atoms with Crippen LogP contribution in [0.2, 0.25) is 0 Å². The van der Waals surface area contributed by atoms with Crippen molar-refractivity contribution in [1.82, 2.24) is 4.90 Å². The molecule has 0 saturated carbocycles. The smallest absolute Gasteiger partial charge is 0.138 e. The standard InChI is InChI=1S/C23H31NO2/c1-23(2,21-11-7-9-17-8-5-6-10-20(17)21)14-22(25)18-12-13-19(16-26-4)24(3)15-18/h5-11,18-19H,12-16H2,1-4H3/t18?,19-/m1/s1. The highest BCUT2D eigenvalue weighted by Crippen LogP contribution is 2.35. The Morgan fingerprint density at radius 2 is 1.88 bits per heavy atom. The van der Waals surface area contributed by atoms with E-state index in [-0.39, 0.29) is 11.3 Å². The third-order valence-electron chi connectivity index (χ3n) is 5.93. The van der Waals surface area contributed by atoms with E-state index in [4.69, 9.17) is 4.74 Å². The molecule has 26 heavy (non-hydrogen) atoms. The number of fused-ring (bicyclic) bond motifs is 1. The van der Waals surface area contributed by atoms with Crippen molar-refractivity contribution in [3.05, 3.63) is 48.0 Å². The molecular formula is C23H31NO2. The van der Waals surface area contributed by atoms with E-state index >= 15 is 0 Å². The third kappa shape index (κ3) is 3.99. The largest absolute Gasteiger partial charge is 0.383 e. The number of hydrogen-bond acceptors (Lipinski definition) is 3. The summed E-state index contributed by atoms with van der Waals surface area (Å²) in [6.07, 6.45) is 2.60. The van der Waals surface area contributed by atoms with E-state index in [2.05, 4.69) is 68.3 Å². The summed E-state index contributed by atoms with van der Waals surface area (Å²) in [5.74, 6) is 0.535. The number of benzene rings is 2.